The van der Waals surface area contributed by atoms with Crippen LogP contribution in [0.1, 0.15) is 70.8 Å². The molecule has 33 heavy (non-hydrogen) atoms. The summed E-state index contributed by atoms with van der Waals surface area (Å²) < 4.78 is 0. The molecule has 7 atom stereocenters. The predicted molar refractivity (Wildman–Crippen MR) is 131 cm³/mol. The zero-order valence-corrected chi connectivity index (χ0v) is 20.2. The number of para-hydroxylation sites is 1. The number of carbonyl (C=O) groups is 2. The van der Waals surface area contributed by atoms with Crippen molar-refractivity contribution in [2.24, 2.45) is 34.5 Å². The van der Waals surface area contributed by atoms with Crippen molar-refractivity contribution in [3.63, 3.8) is 0 Å². The van der Waals surface area contributed by atoms with Crippen molar-refractivity contribution >= 4 is 17.5 Å². The van der Waals surface area contributed by atoms with Gasteiger partial charge >= 0.3 is 0 Å². The van der Waals surface area contributed by atoms with Gasteiger partial charge in [0, 0.05) is 29.6 Å². The van der Waals surface area contributed by atoms with Crippen LogP contribution in [-0.4, -0.2) is 24.4 Å². The predicted octanol–water partition coefficient (Wildman–Crippen LogP) is 5.27. The highest BCUT2D eigenvalue weighted by atomic mass is 16.2. The third-order valence-electron chi connectivity index (χ3n) is 10.6. The smallest absolute Gasteiger partial charge is 0.243 e. The number of carbonyl (C=O) groups excluding carboxylic acids is 2. The van der Waals surface area contributed by atoms with E-state index < -0.39 is 0 Å². The van der Waals surface area contributed by atoms with E-state index in [1.54, 1.807) is 6.08 Å². The molecule has 6 rings (SSSR count). The Morgan fingerprint density at radius 1 is 1.03 bits per heavy atom. The largest absolute Gasteiger partial charge is 0.349 e. The monoisotopic (exact) mass is 446 g/mol. The lowest BCUT2D eigenvalue weighted by Gasteiger charge is -2.58. The number of hydrogen-bond acceptors (Lipinski definition) is 2. The molecule has 0 bridgehead atoms. The summed E-state index contributed by atoms with van der Waals surface area (Å²) in [6.07, 6.45) is 14.1. The summed E-state index contributed by atoms with van der Waals surface area (Å²) in [5.41, 5.74) is 2.66. The number of anilines is 1. The molecule has 176 valence electrons. The van der Waals surface area contributed by atoms with Gasteiger partial charge in [-0.25, -0.2) is 0 Å². The maximum atomic E-state index is 14.1. The second-order valence-electron chi connectivity index (χ2n) is 12.0. The van der Waals surface area contributed by atoms with Gasteiger partial charge in [-0.3, -0.25) is 9.59 Å². The number of fused-ring (bicyclic) bond motifs is 6. The third-order valence-corrected chi connectivity index (χ3v) is 10.6. The van der Waals surface area contributed by atoms with Crippen LogP contribution in [0.25, 0.3) is 0 Å². The number of hydrogen-bond donors (Lipinski definition) is 1. The zero-order valence-electron chi connectivity index (χ0n) is 20.2. The lowest BCUT2D eigenvalue weighted by molar-refractivity contribution is -0.131. The first-order valence-corrected chi connectivity index (χ1v) is 13.3. The van der Waals surface area contributed by atoms with Crippen LogP contribution in [0, 0.1) is 34.5 Å². The van der Waals surface area contributed by atoms with E-state index in [0.29, 0.717) is 23.7 Å². The first-order valence-electron chi connectivity index (χ1n) is 13.3. The molecular formula is C29H38N2O2. The van der Waals surface area contributed by atoms with Crippen molar-refractivity contribution in [3.05, 3.63) is 42.0 Å². The highest BCUT2D eigenvalue weighted by Gasteiger charge is 2.61. The molecule has 0 spiro atoms. The van der Waals surface area contributed by atoms with Gasteiger partial charge in [0.2, 0.25) is 11.8 Å². The van der Waals surface area contributed by atoms with Crippen molar-refractivity contribution in [3.8, 4) is 0 Å². The van der Waals surface area contributed by atoms with E-state index >= 15 is 0 Å². The number of nitrogens with zero attached hydrogens (tertiary/aromatic N) is 1. The van der Waals surface area contributed by atoms with Crippen molar-refractivity contribution in [2.45, 2.75) is 77.7 Å². The van der Waals surface area contributed by atoms with Gasteiger partial charge in [0.05, 0.1) is 0 Å². The quantitative estimate of drug-likeness (QED) is 0.639. The van der Waals surface area contributed by atoms with Crippen molar-refractivity contribution < 1.29 is 9.59 Å². The van der Waals surface area contributed by atoms with Gasteiger partial charge in [-0.1, -0.05) is 38.1 Å². The van der Waals surface area contributed by atoms with Gasteiger partial charge in [-0.15, -0.1) is 0 Å². The lowest BCUT2D eigenvalue weighted by Crippen LogP contribution is -2.59. The fourth-order valence-electron chi connectivity index (χ4n) is 8.85. The average molecular weight is 447 g/mol. The van der Waals surface area contributed by atoms with Crippen molar-refractivity contribution in [2.75, 3.05) is 11.4 Å². The second-order valence-corrected chi connectivity index (χ2v) is 12.0. The van der Waals surface area contributed by atoms with Crippen LogP contribution in [0.3, 0.4) is 0 Å². The van der Waals surface area contributed by atoms with Gasteiger partial charge in [-0.05, 0) is 98.7 Å². The van der Waals surface area contributed by atoms with E-state index in [9.17, 15) is 9.59 Å². The molecule has 1 aromatic carbocycles. The molecule has 3 aliphatic carbocycles. The first-order chi connectivity index (χ1) is 15.9. The minimum atomic E-state index is 0.0595. The van der Waals surface area contributed by atoms with Gasteiger partial charge in [0.15, 0.2) is 0 Å². The third kappa shape index (κ3) is 3.15. The minimum Gasteiger partial charge on any atom is -0.349 e. The van der Waals surface area contributed by atoms with Crippen molar-refractivity contribution in [1.29, 1.82) is 0 Å². The molecule has 3 saturated carbocycles. The normalized spacial score (nSPS) is 41.8. The van der Waals surface area contributed by atoms with Gasteiger partial charge in [-0.2, -0.15) is 0 Å². The van der Waals surface area contributed by atoms with E-state index in [0.717, 1.165) is 44.3 Å². The number of amides is 2. The summed E-state index contributed by atoms with van der Waals surface area (Å²) in [5.74, 6) is 2.49. The molecule has 5 aliphatic rings. The molecule has 0 aromatic heterocycles. The van der Waals surface area contributed by atoms with Crippen LogP contribution < -0.4 is 10.2 Å². The molecule has 0 unspecified atom stereocenters. The Kier molecular flexibility index (Phi) is 5.01. The minimum absolute atomic E-state index is 0.0595. The number of aryl methyl sites for hydroxylation is 1. The molecule has 4 nitrogen and oxygen atoms in total. The van der Waals surface area contributed by atoms with E-state index in [2.05, 4.69) is 54.4 Å². The molecular weight excluding hydrogens is 408 g/mol. The van der Waals surface area contributed by atoms with E-state index in [4.69, 9.17) is 0 Å². The molecule has 1 aromatic rings. The molecule has 3 fully saturated rings. The molecule has 0 saturated heterocycles. The topological polar surface area (TPSA) is 49.4 Å². The highest BCUT2D eigenvalue weighted by Crippen LogP contribution is 2.65. The van der Waals surface area contributed by atoms with Gasteiger partial charge < -0.3 is 10.2 Å². The second kappa shape index (κ2) is 7.71. The van der Waals surface area contributed by atoms with Crippen LogP contribution in [-0.2, 0) is 16.0 Å². The maximum absolute atomic E-state index is 14.1. The Morgan fingerprint density at radius 3 is 2.76 bits per heavy atom. The standard InChI is InChI=1S/C29H38N2O2/c1-28-16-14-22-20(10-13-25-29(22,2)17-15-26(32)30-25)21(28)11-12-23(28)27(33)31-18-6-5-8-19-7-3-4-9-24(19)31/h3-4,7,9,15,17,20-23,25H,5-6,8,10-14,16,18H2,1-2H3,(H,30,32)/t20-,21-,22-,23+,25+,28-,29+/m0/s1. The molecule has 1 N–H and O–H groups in total. The lowest BCUT2D eigenvalue weighted by atomic mass is 9.48. The van der Waals surface area contributed by atoms with E-state index in [1.807, 2.05) is 0 Å². The van der Waals surface area contributed by atoms with Crippen LogP contribution in [0.4, 0.5) is 5.69 Å². The molecule has 0 radical (unpaired) electrons. The number of nitrogens with one attached hydrogen (secondary N) is 1. The number of benzene rings is 1. The Hall–Kier alpha value is -2.10. The summed E-state index contributed by atoms with van der Waals surface area (Å²) in [7, 11) is 0. The Labute approximate surface area is 198 Å². The van der Waals surface area contributed by atoms with Gasteiger partial charge in [0.25, 0.3) is 0 Å². The maximum Gasteiger partial charge on any atom is 0.243 e. The summed E-state index contributed by atoms with van der Waals surface area (Å²) in [6, 6.07) is 8.84. The van der Waals surface area contributed by atoms with Crippen LogP contribution in [0.5, 0.6) is 0 Å². The van der Waals surface area contributed by atoms with Gasteiger partial charge in [0.1, 0.15) is 0 Å². The number of rotatable bonds is 1. The summed E-state index contributed by atoms with van der Waals surface area (Å²) in [4.78, 5) is 28.3. The summed E-state index contributed by atoms with van der Waals surface area (Å²) in [6.45, 7) is 5.68. The molecule has 2 aliphatic heterocycles. The first kappa shape index (κ1) is 21.4. The molecule has 2 heterocycles. The van der Waals surface area contributed by atoms with Crippen LogP contribution in [0.2, 0.25) is 0 Å². The molecule has 2 amide bonds. The zero-order chi connectivity index (χ0) is 22.8. The molecule has 4 heteroatoms. The van der Waals surface area contributed by atoms with Crippen LogP contribution >= 0.6 is 0 Å². The highest BCUT2D eigenvalue weighted by molar-refractivity contribution is 5.96. The Morgan fingerprint density at radius 2 is 1.88 bits per heavy atom. The fraction of sp³-hybridized carbons (Fsp3) is 0.655. The summed E-state index contributed by atoms with van der Waals surface area (Å²) in [5, 5.41) is 3.26. The van der Waals surface area contributed by atoms with Crippen molar-refractivity contribution in [1.82, 2.24) is 5.32 Å². The summed E-state index contributed by atoms with van der Waals surface area (Å²) >= 11 is 0. The van der Waals surface area contributed by atoms with E-state index in [1.165, 1.54) is 31.2 Å². The Balaban J connectivity index is 1.28. The fourth-order valence-corrected chi connectivity index (χ4v) is 8.85. The SMILES string of the molecule is C[C@]12C=CC(=O)N[C@@H]1CC[C@@H]1[C@@H]2CC[C@]2(C)[C@@H](C(=O)N3CCCCc4ccccc43)CC[C@@H]12. The Bertz CT molecular complexity index is 1000. The van der Waals surface area contributed by atoms with E-state index in [-0.39, 0.29) is 28.7 Å². The van der Waals surface area contributed by atoms with Crippen LogP contribution in [0.15, 0.2) is 36.4 Å². The average Bonchev–Trinajstić information content (AvgIpc) is 3.02.